The van der Waals surface area contributed by atoms with E-state index in [-0.39, 0.29) is 11.6 Å². The van der Waals surface area contributed by atoms with E-state index in [9.17, 15) is 9.59 Å². The number of nitrogens with one attached hydrogen (secondary N) is 2. The van der Waals surface area contributed by atoms with Crippen LogP contribution in [0.3, 0.4) is 0 Å². The molecule has 2 aliphatic carbocycles. The highest BCUT2D eigenvalue weighted by Gasteiger charge is 2.32. The standard InChI is InChI=1S/C50H44N2O2S2/c1-5-29-51-41-17-7-9-19-45(41)55-49(51)33(3)13-11-15-35-21-25-39-37(31-35)23-27-43(53)47(39)48-40-26-22-36(32-38(40)24-28-44(48)54)16-12-14-34(4)50-52(30-6-2)42-18-8-10-20-46(42)56-50/h7-28,31-32H,5-6,29-30H2,1-4H3/p+2. The summed E-state index contributed by atoms with van der Waals surface area (Å²) in [4.78, 5) is 32.7. The van der Waals surface area contributed by atoms with Crippen molar-refractivity contribution in [2.45, 2.75) is 50.3 Å². The molecule has 0 fully saturated rings. The van der Waals surface area contributed by atoms with Crippen molar-refractivity contribution in [3.05, 3.63) is 175 Å². The van der Waals surface area contributed by atoms with Gasteiger partial charge in [0.05, 0.1) is 22.9 Å². The monoisotopic (exact) mass is 770 g/mol. The third-order valence-corrected chi connectivity index (χ3v) is 13.3. The van der Waals surface area contributed by atoms with Crippen molar-refractivity contribution < 1.29 is 19.4 Å². The van der Waals surface area contributed by atoms with E-state index < -0.39 is 0 Å². The summed E-state index contributed by atoms with van der Waals surface area (Å²) < 4.78 is 0. The molecule has 2 aliphatic heterocycles. The van der Waals surface area contributed by atoms with E-state index in [0.717, 1.165) is 57.9 Å². The third-order valence-electron chi connectivity index (χ3n) is 10.6. The fourth-order valence-electron chi connectivity index (χ4n) is 7.97. The first-order valence-corrected chi connectivity index (χ1v) is 21.2. The first-order chi connectivity index (χ1) is 27.3. The quantitative estimate of drug-likeness (QED) is 0.205. The number of hydrogen-bond acceptors (Lipinski definition) is 4. The molecule has 4 aliphatic rings. The average molecular weight is 771 g/mol. The number of carbonyl (C=O) groups is 2. The molecule has 0 amide bonds. The molecule has 4 aromatic carbocycles. The number of rotatable bonds is 9. The fourth-order valence-corrected chi connectivity index (χ4v) is 10.4. The minimum absolute atomic E-state index is 0.150. The van der Waals surface area contributed by atoms with Crippen LogP contribution in [0.15, 0.2) is 152 Å². The second kappa shape index (κ2) is 16.5. The second-order valence-electron chi connectivity index (χ2n) is 14.6. The van der Waals surface area contributed by atoms with Crippen LogP contribution in [0.25, 0.3) is 35.5 Å². The lowest BCUT2D eigenvalue weighted by Crippen LogP contribution is -3.03. The van der Waals surface area contributed by atoms with Gasteiger partial charge in [-0.25, -0.2) is 0 Å². The van der Waals surface area contributed by atoms with E-state index >= 15 is 0 Å². The van der Waals surface area contributed by atoms with Gasteiger partial charge in [0, 0.05) is 34.4 Å². The molecule has 0 saturated carbocycles. The van der Waals surface area contributed by atoms with Gasteiger partial charge in [-0.2, -0.15) is 0 Å². The highest BCUT2D eigenvalue weighted by atomic mass is 32.2. The Morgan fingerprint density at radius 1 is 0.571 bits per heavy atom. The molecule has 0 radical (unpaired) electrons. The molecule has 0 spiro atoms. The van der Waals surface area contributed by atoms with E-state index in [2.05, 4.69) is 125 Å². The lowest BCUT2D eigenvalue weighted by atomic mass is 9.85. The van der Waals surface area contributed by atoms with Gasteiger partial charge < -0.3 is 0 Å². The van der Waals surface area contributed by atoms with Gasteiger partial charge in [-0.15, -0.1) is 0 Å². The fraction of sp³-hybridized carbons (Fsp3) is 0.160. The van der Waals surface area contributed by atoms with E-state index in [1.807, 2.05) is 59.9 Å². The molecule has 0 bridgehead atoms. The van der Waals surface area contributed by atoms with Crippen LogP contribution in [-0.4, -0.2) is 24.7 Å². The number of hydrogen-bond donors (Lipinski definition) is 2. The van der Waals surface area contributed by atoms with Gasteiger partial charge in [-0.1, -0.05) is 111 Å². The summed E-state index contributed by atoms with van der Waals surface area (Å²) >= 11 is 3.73. The van der Waals surface area contributed by atoms with Crippen molar-refractivity contribution in [2.24, 2.45) is 0 Å². The van der Waals surface area contributed by atoms with Gasteiger partial charge in [0.15, 0.2) is 33.0 Å². The Labute approximate surface area is 337 Å². The van der Waals surface area contributed by atoms with Crippen LogP contribution in [0.2, 0.25) is 0 Å². The first-order valence-electron chi connectivity index (χ1n) is 19.5. The molecule has 8 rings (SSSR count). The lowest BCUT2D eigenvalue weighted by Gasteiger charge is -2.16. The molecule has 2 N–H and O–H groups in total. The van der Waals surface area contributed by atoms with E-state index in [1.54, 1.807) is 12.2 Å². The smallest absolute Gasteiger partial charge is 0.187 e. The second-order valence-corrected chi connectivity index (χ2v) is 16.7. The number of allylic oxidation sites excluding steroid dienone is 8. The highest BCUT2D eigenvalue weighted by molar-refractivity contribution is 8.03. The number of para-hydroxylation sites is 2. The van der Waals surface area contributed by atoms with E-state index in [1.165, 1.54) is 52.2 Å². The van der Waals surface area contributed by atoms with Crippen molar-refractivity contribution in [3.8, 4) is 0 Å². The average Bonchev–Trinajstić information content (AvgIpc) is 3.77. The van der Waals surface area contributed by atoms with Gasteiger partial charge in [-0.3, -0.25) is 19.4 Å². The van der Waals surface area contributed by atoms with Crippen LogP contribution in [0, 0.1) is 0 Å². The zero-order valence-electron chi connectivity index (χ0n) is 32.3. The number of quaternary nitrogens is 2. The number of benzene rings is 4. The van der Waals surface area contributed by atoms with Crippen LogP contribution >= 0.6 is 23.5 Å². The SMILES string of the molecule is CCC[NH+]1C(=C(C)C=CC=c2ccc3c(c2)C=CC(=O)C=3C2=c3ccc(=CC=CC(C)=C4Sc5ccccc5[NH+]4CCC)cc3C=CC2=O)Sc2ccccc21. The molecule has 56 heavy (non-hydrogen) atoms. The molecule has 4 aromatic rings. The van der Waals surface area contributed by atoms with Gasteiger partial charge in [-0.05, 0) is 119 Å². The maximum Gasteiger partial charge on any atom is 0.187 e. The Morgan fingerprint density at radius 3 is 1.43 bits per heavy atom. The Morgan fingerprint density at radius 2 is 1.00 bits per heavy atom. The number of fused-ring (bicyclic) bond motifs is 4. The summed E-state index contributed by atoms with van der Waals surface area (Å²) in [6.07, 6.45) is 22.0. The third kappa shape index (κ3) is 7.38. The summed E-state index contributed by atoms with van der Waals surface area (Å²) in [5.41, 5.74) is 8.01. The van der Waals surface area contributed by atoms with Gasteiger partial charge in [0.2, 0.25) is 0 Å². The van der Waals surface area contributed by atoms with Crippen molar-refractivity contribution in [2.75, 3.05) is 13.1 Å². The van der Waals surface area contributed by atoms with Crippen LogP contribution < -0.4 is 30.7 Å². The van der Waals surface area contributed by atoms with Gasteiger partial charge in [0.1, 0.15) is 0 Å². The van der Waals surface area contributed by atoms with E-state index in [0.29, 0.717) is 11.1 Å². The van der Waals surface area contributed by atoms with Crippen LogP contribution in [0.4, 0.5) is 11.4 Å². The van der Waals surface area contributed by atoms with Crippen molar-refractivity contribution in [1.29, 1.82) is 0 Å². The van der Waals surface area contributed by atoms with E-state index in [4.69, 9.17) is 0 Å². The van der Waals surface area contributed by atoms with Crippen LogP contribution in [-0.2, 0) is 9.59 Å². The molecular weight excluding hydrogens is 725 g/mol. The van der Waals surface area contributed by atoms with Crippen LogP contribution in [0.5, 0.6) is 0 Å². The minimum atomic E-state index is -0.150. The summed E-state index contributed by atoms with van der Waals surface area (Å²) in [5, 5.41) is 6.34. The molecule has 2 unspecified atom stereocenters. The summed E-state index contributed by atoms with van der Waals surface area (Å²) in [7, 11) is 0. The van der Waals surface area contributed by atoms with Gasteiger partial charge in [0.25, 0.3) is 0 Å². The molecule has 6 heteroatoms. The summed E-state index contributed by atoms with van der Waals surface area (Å²) in [5.74, 6) is -0.299. The maximum atomic E-state index is 13.6. The molecule has 2 atom stereocenters. The van der Waals surface area contributed by atoms with Crippen molar-refractivity contribution in [1.82, 2.24) is 0 Å². The van der Waals surface area contributed by atoms with Crippen LogP contribution in [0.1, 0.15) is 51.7 Å². The Kier molecular flexibility index (Phi) is 11.1. The summed E-state index contributed by atoms with van der Waals surface area (Å²) in [6.45, 7) is 11.0. The number of ketones is 2. The lowest BCUT2D eigenvalue weighted by molar-refractivity contribution is -0.780. The molecule has 278 valence electrons. The molecule has 4 nitrogen and oxygen atoms in total. The molecular formula is C50H46N2O2S2+2. The minimum Gasteiger partial charge on any atom is -0.289 e. The Bertz CT molecular complexity index is 2560. The van der Waals surface area contributed by atoms with Crippen molar-refractivity contribution in [3.63, 3.8) is 0 Å². The Balaban J connectivity index is 1.10. The zero-order valence-corrected chi connectivity index (χ0v) is 34.0. The zero-order chi connectivity index (χ0) is 38.8. The molecule has 0 saturated heterocycles. The predicted octanol–water partition coefficient (Wildman–Crippen LogP) is 6.48. The largest absolute Gasteiger partial charge is 0.289 e. The summed E-state index contributed by atoms with van der Waals surface area (Å²) in [6, 6.07) is 29.6. The van der Waals surface area contributed by atoms with Gasteiger partial charge >= 0.3 is 0 Å². The molecule has 0 aromatic heterocycles. The highest BCUT2D eigenvalue weighted by Crippen LogP contribution is 2.38. The number of carbonyl (C=O) groups excluding carboxylic acids is 2. The maximum absolute atomic E-state index is 13.6. The number of thioether (sulfide) groups is 2. The topological polar surface area (TPSA) is 43.0 Å². The molecule has 2 heterocycles. The van der Waals surface area contributed by atoms with Crippen molar-refractivity contribution >= 4 is 81.9 Å². The normalized spacial score (nSPS) is 21.0. The predicted molar refractivity (Wildman–Crippen MR) is 235 cm³/mol. The first kappa shape index (κ1) is 37.7. The Hall–Kier alpha value is -5.24.